The molecule has 0 unspecified atom stereocenters. The maximum atomic E-state index is 7.29. The van der Waals surface area contributed by atoms with Crippen LogP contribution >= 0.6 is 0 Å². The SMILES string of the molecule is c1ccc(N2B3c4ccccc4Oc4ccccc4B4c5cc3c(c(N(c3ccccc3)c3ccccc3)c5-c3ccccc3N4c3ccccc3)-c3ccccc32)cc1. The molecule has 2 bridgehead atoms. The quantitative estimate of drug-likeness (QED) is 0.162. The van der Waals surface area contributed by atoms with Crippen LogP contribution in [-0.4, -0.2) is 13.7 Å². The summed E-state index contributed by atoms with van der Waals surface area (Å²) in [6.45, 7) is -0.501. The van der Waals surface area contributed by atoms with Gasteiger partial charge in [-0.15, -0.1) is 0 Å². The standard InChI is InChI=1S/C54H37B2N3O/c1-5-21-38(22-6-1)57(39-23-7-2-8-24-39)54-52-42-29-13-17-33-48(42)58(40-25-9-3-10-26-40)55-44-31-15-19-35-50(44)60-51-36-20-16-32-45(51)56-47(37-46(52)55)53(54)43-30-14-18-34-49(43)59(56)41-27-11-4-12-28-41/h1-37H. The largest absolute Gasteiger partial charge is 0.458 e. The van der Waals surface area contributed by atoms with Gasteiger partial charge in [0.1, 0.15) is 11.5 Å². The normalized spacial score (nSPS) is 13.0. The molecule has 0 amide bonds. The number of hydrogen-bond acceptors (Lipinski definition) is 4. The summed E-state index contributed by atoms with van der Waals surface area (Å²) < 4.78 is 7.29. The zero-order chi connectivity index (χ0) is 39.6. The summed E-state index contributed by atoms with van der Waals surface area (Å²) in [5.41, 5.74) is 17.3. The Morgan fingerprint density at radius 2 is 0.717 bits per heavy atom. The van der Waals surface area contributed by atoms with E-state index in [9.17, 15) is 0 Å². The second kappa shape index (κ2) is 14.0. The van der Waals surface area contributed by atoms with E-state index >= 15 is 0 Å². The molecule has 60 heavy (non-hydrogen) atoms. The predicted molar refractivity (Wildman–Crippen MR) is 252 cm³/mol. The highest BCUT2D eigenvalue weighted by molar-refractivity contribution is 6.95. The van der Waals surface area contributed by atoms with E-state index < -0.39 is 0 Å². The van der Waals surface area contributed by atoms with E-state index in [1.54, 1.807) is 0 Å². The van der Waals surface area contributed by atoms with Crippen molar-refractivity contribution in [1.29, 1.82) is 0 Å². The van der Waals surface area contributed by atoms with Gasteiger partial charge < -0.3 is 19.3 Å². The van der Waals surface area contributed by atoms with Crippen LogP contribution in [-0.2, 0) is 0 Å². The van der Waals surface area contributed by atoms with Gasteiger partial charge in [-0.05, 0) is 94.6 Å². The second-order valence-corrected chi connectivity index (χ2v) is 15.6. The van der Waals surface area contributed by atoms with Gasteiger partial charge in [0, 0.05) is 56.4 Å². The molecule has 9 aromatic rings. The Morgan fingerprint density at radius 3 is 1.17 bits per heavy atom. The lowest BCUT2D eigenvalue weighted by Crippen LogP contribution is -2.63. The van der Waals surface area contributed by atoms with Crippen molar-refractivity contribution in [3.8, 4) is 33.8 Å². The molecule has 3 aliphatic heterocycles. The molecule has 0 saturated carbocycles. The average Bonchev–Trinajstić information content (AvgIpc) is 3.32. The number of nitrogens with zero attached hydrogens (tertiary/aromatic N) is 3. The van der Waals surface area contributed by atoms with E-state index in [2.05, 4.69) is 239 Å². The summed E-state index contributed by atoms with van der Waals surface area (Å²) in [5, 5.41) is 0. The fraction of sp³-hybridized carbons (Fsp3) is 0. The van der Waals surface area contributed by atoms with Crippen molar-refractivity contribution in [1.82, 2.24) is 0 Å². The minimum atomic E-state index is -0.251. The monoisotopic (exact) mass is 765 g/mol. The predicted octanol–water partition coefficient (Wildman–Crippen LogP) is 11.1. The third kappa shape index (κ3) is 5.27. The summed E-state index contributed by atoms with van der Waals surface area (Å²) in [5.74, 6) is 1.67. The third-order valence-corrected chi connectivity index (χ3v) is 12.3. The van der Waals surface area contributed by atoms with Gasteiger partial charge in [-0.1, -0.05) is 152 Å². The number of para-hydroxylation sites is 8. The minimum Gasteiger partial charge on any atom is -0.458 e. The Bertz CT molecular complexity index is 2850. The van der Waals surface area contributed by atoms with Crippen molar-refractivity contribution < 1.29 is 4.74 Å². The molecule has 0 aromatic heterocycles. The maximum absolute atomic E-state index is 7.29. The fourth-order valence-electron chi connectivity index (χ4n) is 9.92. The Labute approximate surface area is 351 Å². The minimum absolute atomic E-state index is 0.251. The lowest BCUT2D eigenvalue weighted by molar-refractivity contribution is 0.490. The Kier molecular flexibility index (Phi) is 8.02. The highest BCUT2D eigenvalue weighted by Crippen LogP contribution is 2.53. The lowest BCUT2D eigenvalue weighted by Gasteiger charge is -2.46. The molecule has 0 N–H and O–H groups in total. The zero-order valence-corrected chi connectivity index (χ0v) is 32.8. The highest BCUT2D eigenvalue weighted by atomic mass is 16.5. The molecule has 0 fully saturated rings. The lowest BCUT2D eigenvalue weighted by atomic mass is 9.40. The molecule has 280 valence electrons. The van der Waals surface area contributed by atoms with E-state index in [1.165, 1.54) is 33.2 Å². The summed E-state index contributed by atoms with van der Waals surface area (Å²) >= 11 is 0. The first-order valence-corrected chi connectivity index (χ1v) is 20.7. The Morgan fingerprint density at radius 1 is 0.350 bits per heavy atom. The molecule has 6 heteroatoms. The molecular formula is C54H37B2N3O. The van der Waals surface area contributed by atoms with Gasteiger partial charge in [0.2, 0.25) is 0 Å². The number of rotatable bonds is 5. The topological polar surface area (TPSA) is 19.0 Å². The van der Waals surface area contributed by atoms with Crippen molar-refractivity contribution in [3.63, 3.8) is 0 Å². The van der Waals surface area contributed by atoms with E-state index in [1.807, 2.05) is 0 Å². The summed E-state index contributed by atoms with van der Waals surface area (Å²) in [4.78, 5) is 7.56. The zero-order valence-electron chi connectivity index (χ0n) is 32.8. The highest BCUT2D eigenvalue weighted by Gasteiger charge is 2.47. The van der Waals surface area contributed by atoms with Crippen LogP contribution < -0.4 is 41.1 Å². The molecule has 4 nitrogen and oxygen atoms in total. The van der Waals surface area contributed by atoms with E-state index in [-0.39, 0.29) is 13.7 Å². The van der Waals surface area contributed by atoms with Crippen molar-refractivity contribution in [3.05, 3.63) is 224 Å². The molecule has 0 saturated heterocycles. The molecule has 0 atom stereocenters. The molecule has 9 aromatic carbocycles. The van der Waals surface area contributed by atoms with Gasteiger partial charge in [-0.3, -0.25) is 0 Å². The number of hydrogen-bond donors (Lipinski definition) is 0. The smallest absolute Gasteiger partial charge is 0.332 e. The van der Waals surface area contributed by atoms with Gasteiger partial charge >= 0.3 is 13.7 Å². The van der Waals surface area contributed by atoms with Gasteiger partial charge in [0.05, 0.1) is 5.69 Å². The molecule has 0 spiro atoms. The molecule has 0 aliphatic carbocycles. The molecule has 3 aliphatic rings. The van der Waals surface area contributed by atoms with Gasteiger partial charge in [0.25, 0.3) is 0 Å². The van der Waals surface area contributed by atoms with E-state index in [4.69, 9.17) is 4.74 Å². The molecule has 12 rings (SSSR count). The van der Waals surface area contributed by atoms with Crippen LogP contribution in [0.25, 0.3) is 22.3 Å². The van der Waals surface area contributed by atoms with Crippen molar-refractivity contribution in [2.24, 2.45) is 0 Å². The Hall–Kier alpha value is -7.69. The first kappa shape index (κ1) is 34.4. The van der Waals surface area contributed by atoms with E-state index in [0.29, 0.717) is 0 Å². The van der Waals surface area contributed by atoms with E-state index in [0.717, 1.165) is 62.2 Å². The Balaban J connectivity index is 1.33. The maximum Gasteiger partial charge on any atom is 0.332 e. The third-order valence-electron chi connectivity index (χ3n) is 12.3. The van der Waals surface area contributed by atoms with Crippen molar-refractivity contribution in [2.75, 3.05) is 14.5 Å². The molecule has 3 heterocycles. The van der Waals surface area contributed by atoms with Crippen LogP contribution in [0.5, 0.6) is 11.5 Å². The van der Waals surface area contributed by atoms with Crippen molar-refractivity contribution >= 4 is 75.4 Å². The average molecular weight is 766 g/mol. The van der Waals surface area contributed by atoms with Crippen LogP contribution in [0, 0.1) is 0 Å². The van der Waals surface area contributed by atoms with Crippen LogP contribution in [0.2, 0.25) is 0 Å². The van der Waals surface area contributed by atoms with Gasteiger partial charge in [-0.2, -0.15) is 0 Å². The summed E-state index contributed by atoms with van der Waals surface area (Å²) in [6, 6.07) is 81.2. The van der Waals surface area contributed by atoms with Crippen LogP contribution in [0.3, 0.4) is 0 Å². The second-order valence-electron chi connectivity index (χ2n) is 15.6. The fourth-order valence-corrected chi connectivity index (χ4v) is 9.92. The number of ether oxygens (including phenoxy) is 1. The number of fused-ring (bicyclic) bond motifs is 8. The van der Waals surface area contributed by atoms with Gasteiger partial charge in [0.15, 0.2) is 0 Å². The van der Waals surface area contributed by atoms with Crippen LogP contribution in [0.1, 0.15) is 0 Å². The molecule has 0 radical (unpaired) electrons. The summed E-state index contributed by atoms with van der Waals surface area (Å²) in [7, 11) is 0. The first-order valence-electron chi connectivity index (χ1n) is 20.7. The van der Waals surface area contributed by atoms with Crippen LogP contribution in [0.15, 0.2) is 224 Å². The first-order chi connectivity index (χ1) is 29.8. The molecular weight excluding hydrogens is 728 g/mol. The van der Waals surface area contributed by atoms with Gasteiger partial charge in [-0.25, -0.2) is 0 Å². The van der Waals surface area contributed by atoms with Crippen molar-refractivity contribution in [2.45, 2.75) is 0 Å². The summed E-state index contributed by atoms with van der Waals surface area (Å²) in [6.07, 6.45) is 0. The number of benzene rings is 9. The van der Waals surface area contributed by atoms with Crippen LogP contribution in [0.4, 0.5) is 39.8 Å². The number of anilines is 7.